The average Bonchev–Trinajstić information content (AvgIpc) is 3.43. The summed E-state index contributed by atoms with van der Waals surface area (Å²) in [5.74, 6) is 0.592. The van der Waals surface area contributed by atoms with Crippen LogP contribution in [-0.4, -0.2) is 14.5 Å². The average molecular weight is 439 g/mol. The monoisotopic (exact) mass is 438 g/mol. The fourth-order valence-corrected chi connectivity index (χ4v) is 4.61. The number of fused-ring (bicyclic) bond motifs is 3. The molecule has 0 fully saturated rings. The molecule has 6 aromatic rings. The molecule has 0 spiro atoms. The summed E-state index contributed by atoms with van der Waals surface area (Å²) in [5.41, 5.74) is 6.85. The van der Waals surface area contributed by atoms with Gasteiger partial charge in [-0.3, -0.25) is 0 Å². The first-order chi connectivity index (χ1) is 16.7. The number of aromatic amines is 1. The van der Waals surface area contributed by atoms with Crippen molar-refractivity contribution in [1.29, 1.82) is 5.26 Å². The maximum absolute atomic E-state index is 9.95. The molecule has 0 amide bonds. The van der Waals surface area contributed by atoms with E-state index in [0.717, 1.165) is 39.6 Å². The number of allylic oxidation sites excluding steroid dienone is 1. The number of rotatable bonds is 4. The van der Waals surface area contributed by atoms with Crippen LogP contribution in [0, 0.1) is 18.3 Å². The van der Waals surface area contributed by atoms with Crippen LogP contribution in [-0.2, 0) is 6.54 Å². The van der Waals surface area contributed by atoms with Crippen molar-refractivity contribution in [3.05, 3.63) is 114 Å². The number of nitrogens with one attached hydrogen (secondary N) is 1. The van der Waals surface area contributed by atoms with E-state index in [-0.39, 0.29) is 0 Å². The molecule has 2 aromatic heterocycles. The maximum Gasteiger partial charge on any atom is 0.149 e. The van der Waals surface area contributed by atoms with Crippen molar-refractivity contribution in [2.75, 3.05) is 0 Å². The van der Waals surface area contributed by atoms with Crippen molar-refractivity contribution in [3.8, 4) is 6.07 Å². The topological polar surface area (TPSA) is 57.4 Å². The first kappa shape index (κ1) is 20.0. The first-order valence-electron chi connectivity index (χ1n) is 11.3. The van der Waals surface area contributed by atoms with Crippen molar-refractivity contribution in [2.45, 2.75) is 13.5 Å². The van der Waals surface area contributed by atoms with Gasteiger partial charge in [-0.2, -0.15) is 5.26 Å². The zero-order valence-corrected chi connectivity index (χ0v) is 18.8. The summed E-state index contributed by atoms with van der Waals surface area (Å²) in [7, 11) is 0. The summed E-state index contributed by atoms with van der Waals surface area (Å²) >= 11 is 0. The Hall–Kier alpha value is -4.62. The highest BCUT2D eigenvalue weighted by Gasteiger charge is 2.12. The summed E-state index contributed by atoms with van der Waals surface area (Å²) in [6.07, 6.45) is 4.06. The number of nitrogens with zero attached hydrogens (tertiary/aromatic N) is 3. The lowest BCUT2D eigenvalue weighted by atomic mass is 10.1. The maximum atomic E-state index is 9.95. The zero-order chi connectivity index (χ0) is 23.1. The highest BCUT2D eigenvalue weighted by atomic mass is 15.0. The number of aryl methyl sites for hydroxylation is 1. The van der Waals surface area contributed by atoms with Crippen LogP contribution in [0.1, 0.15) is 22.5 Å². The standard InChI is InChI=1S/C30H22N4/c1-20-10-13-27-28(14-20)33-30(32-27)24(17-31)16-25-19-34(29-9-5-4-8-26(25)29)18-21-11-12-22-6-2-3-7-23(22)15-21/h2-16,19H,18H2,1H3,(H,32,33)/b24-16-. The molecule has 34 heavy (non-hydrogen) atoms. The molecule has 0 unspecified atom stereocenters. The third-order valence-electron chi connectivity index (χ3n) is 6.30. The largest absolute Gasteiger partial charge is 0.342 e. The minimum atomic E-state index is 0.516. The molecule has 0 atom stereocenters. The van der Waals surface area contributed by atoms with Crippen molar-refractivity contribution in [2.24, 2.45) is 0 Å². The Morgan fingerprint density at radius 3 is 2.68 bits per heavy atom. The van der Waals surface area contributed by atoms with Crippen LogP contribution < -0.4 is 0 Å². The predicted octanol–water partition coefficient (Wildman–Crippen LogP) is 7.09. The molecule has 2 heterocycles. The van der Waals surface area contributed by atoms with Gasteiger partial charge >= 0.3 is 0 Å². The number of nitriles is 1. The lowest BCUT2D eigenvalue weighted by Gasteiger charge is -2.07. The zero-order valence-electron chi connectivity index (χ0n) is 18.8. The Morgan fingerprint density at radius 1 is 0.971 bits per heavy atom. The summed E-state index contributed by atoms with van der Waals surface area (Å²) in [6, 6.07) is 31.8. The van der Waals surface area contributed by atoms with E-state index in [1.165, 1.54) is 16.3 Å². The van der Waals surface area contributed by atoms with Gasteiger partial charge in [0.05, 0.1) is 16.6 Å². The molecule has 0 radical (unpaired) electrons. The molecule has 4 heteroatoms. The molecule has 0 saturated carbocycles. The molecule has 162 valence electrons. The number of hydrogen-bond acceptors (Lipinski definition) is 2. The molecule has 4 aromatic carbocycles. The summed E-state index contributed by atoms with van der Waals surface area (Å²) in [5, 5.41) is 13.5. The second kappa shape index (κ2) is 8.06. The molecule has 0 aliphatic heterocycles. The molecular weight excluding hydrogens is 416 g/mol. The van der Waals surface area contributed by atoms with Gasteiger partial charge in [0, 0.05) is 29.2 Å². The van der Waals surface area contributed by atoms with Crippen molar-refractivity contribution >= 4 is 44.4 Å². The van der Waals surface area contributed by atoms with Crippen LogP contribution in [0.2, 0.25) is 0 Å². The molecule has 4 nitrogen and oxygen atoms in total. The van der Waals surface area contributed by atoms with Crippen molar-refractivity contribution in [1.82, 2.24) is 14.5 Å². The quantitative estimate of drug-likeness (QED) is 0.299. The van der Waals surface area contributed by atoms with Gasteiger partial charge in [0.1, 0.15) is 11.9 Å². The van der Waals surface area contributed by atoms with E-state index in [9.17, 15) is 5.26 Å². The van der Waals surface area contributed by atoms with Gasteiger partial charge in [0.25, 0.3) is 0 Å². The molecule has 0 aliphatic carbocycles. The van der Waals surface area contributed by atoms with E-state index in [1.54, 1.807) is 0 Å². The van der Waals surface area contributed by atoms with Crippen LogP contribution in [0.3, 0.4) is 0 Å². The summed E-state index contributed by atoms with van der Waals surface area (Å²) < 4.78 is 2.25. The minimum absolute atomic E-state index is 0.516. The van der Waals surface area contributed by atoms with Gasteiger partial charge in [-0.25, -0.2) is 4.98 Å². The predicted molar refractivity (Wildman–Crippen MR) is 139 cm³/mol. The molecular formula is C30H22N4. The Morgan fingerprint density at radius 2 is 1.79 bits per heavy atom. The van der Waals surface area contributed by atoms with Crippen LogP contribution in [0.4, 0.5) is 0 Å². The fraction of sp³-hybridized carbons (Fsp3) is 0.0667. The lowest BCUT2D eigenvalue weighted by Crippen LogP contribution is -1.97. The third kappa shape index (κ3) is 3.54. The molecule has 1 N–H and O–H groups in total. The Labute approximate surface area is 197 Å². The van der Waals surface area contributed by atoms with E-state index >= 15 is 0 Å². The Kier molecular flexibility index (Phi) is 4.75. The highest BCUT2D eigenvalue weighted by Crippen LogP contribution is 2.27. The van der Waals surface area contributed by atoms with E-state index < -0.39 is 0 Å². The second-order valence-electron chi connectivity index (χ2n) is 8.69. The third-order valence-corrected chi connectivity index (χ3v) is 6.30. The van der Waals surface area contributed by atoms with Crippen molar-refractivity contribution in [3.63, 3.8) is 0 Å². The normalized spacial score (nSPS) is 11.9. The molecule has 0 aliphatic rings. The van der Waals surface area contributed by atoms with Gasteiger partial charge in [-0.05, 0) is 59.2 Å². The second-order valence-corrected chi connectivity index (χ2v) is 8.69. The van der Waals surface area contributed by atoms with Crippen LogP contribution in [0.15, 0.2) is 91.1 Å². The lowest BCUT2D eigenvalue weighted by molar-refractivity contribution is 0.837. The molecule has 0 saturated heterocycles. The highest BCUT2D eigenvalue weighted by molar-refractivity contribution is 5.98. The van der Waals surface area contributed by atoms with Gasteiger partial charge in [0.15, 0.2) is 0 Å². The van der Waals surface area contributed by atoms with Gasteiger partial charge in [-0.1, -0.05) is 60.7 Å². The fourth-order valence-electron chi connectivity index (χ4n) is 4.61. The molecule has 6 rings (SSSR count). The number of H-pyrrole nitrogens is 1. The number of hydrogen-bond donors (Lipinski definition) is 1. The number of benzene rings is 4. The van der Waals surface area contributed by atoms with Crippen LogP contribution >= 0.6 is 0 Å². The number of para-hydroxylation sites is 1. The van der Waals surface area contributed by atoms with E-state index in [0.29, 0.717) is 11.4 Å². The van der Waals surface area contributed by atoms with Gasteiger partial charge in [-0.15, -0.1) is 0 Å². The SMILES string of the molecule is Cc1ccc2nc(/C(C#N)=C\c3cn(Cc4ccc5ccccc5c4)c4ccccc34)[nH]c2c1. The van der Waals surface area contributed by atoms with Crippen LogP contribution in [0.25, 0.3) is 44.4 Å². The van der Waals surface area contributed by atoms with Gasteiger partial charge in [0.2, 0.25) is 0 Å². The smallest absolute Gasteiger partial charge is 0.149 e. The summed E-state index contributed by atoms with van der Waals surface area (Å²) in [4.78, 5) is 7.96. The molecule has 0 bridgehead atoms. The Balaban J connectivity index is 1.43. The Bertz CT molecular complexity index is 1760. The van der Waals surface area contributed by atoms with Gasteiger partial charge < -0.3 is 9.55 Å². The number of imidazole rings is 1. The van der Waals surface area contributed by atoms with E-state index in [1.807, 2.05) is 31.2 Å². The number of aromatic nitrogens is 3. The first-order valence-corrected chi connectivity index (χ1v) is 11.3. The van der Waals surface area contributed by atoms with E-state index in [4.69, 9.17) is 0 Å². The van der Waals surface area contributed by atoms with Crippen molar-refractivity contribution < 1.29 is 0 Å². The van der Waals surface area contributed by atoms with Crippen LogP contribution in [0.5, 0.6) is 0 Å². The van der Waals surface area contributed by atoms with E-state index in [2.05, 4.69) is 93.5 Å². The minimum Gasteiger partial charge on any atom is -0.342 e. The summed E-state index contributed by atoms with van der Waals surface area (Å²) in [6.45, 7) is 2.80.